The van der Waals surface area contributed by atoms with Gasteiger partial charge in [-0.25, -0.2) is 0 Å². The molecule has 0 fully saturated rings. The molecule has 0 N–H and O–H groups in total. The molecule has 0 amide bonds. The fraction of sp³-hybridized carbons (Fsp3) is 0.130. The van der Waals surface area contributed by atoms with E-state index in [0.29, 0.717) is 17.5 Å². The monoisotopic (exact) mass is 450 g/mol. The largest absolute Gasteiger partial charge is 0.416 e. The second kappa shape index (κ2) is 8.76. The van der Waals surface area contributed by atoms with E-state index in [1.54, 1.807) is 11.8 Å². The quantitative estimate of drug-likeness (QED) is 0.306. The van der Waals surface area contributed by atoms with Gasteiger partial charge in [-0.2, -0.15) is 0 Å². The first-order chi connectivity index (χ1) is 13.7. The number of hydrogen-bond acceptors (Lipinski definition) is 4. The van der Waals surface area contributed by atoms with E-state index in [0.717, 1.165) is 15.8 Å². The summed E-state index contributed by atoms with van der Waals surface area (Å²) in [6, 6.07) is 25.0. The van der Waals surface area contributed by atoms with Crippen molar-refractivity contribution >= 4 is 27.7 Å². The molecule has 4 aromatic rings. The van der Waals surface area contributed by atoms with Crippen molar-refractivity contribution in [3.8, 4) is 11.1 Å². The van der Waals surface area contributed by atoms with Gasteiger partial charge in [0.15, 0.2) is 0 Å². The van der Waals surface area contributed by atoms with Crippen molar-refractivity contribution < 1.29 is 4.42 Å². The molecule has 0 unspecified atom stereocenters. The third kappa shape index (κ3) is 4.54. The summed E-state index contributed by atoms with van der Waals surface area (Å²) in [6.45, 7) is 2.15. The molecule has 0 aliphatic carbocycles. The van der Waals surface area contributed by atoms with Crippen LogP contribution >= 0.6 is 27.7 Å². The Morgan fingerprint density at radius 2 is 1.68 bits per heavy atom. The maximum Gasteiger partial charge on any atom is 0.276 e. The minimum Gasteiger partial charge on any atom is -0.416 e. The lowest BCUT2D eigenvalue weighted by molar-refractivity contribution is 0.420. The summed E-state index contributed by atoms with van der Waals surface area (Å²) in [5, 5.41) is 9.02. The first-order valence-corrected chi connectivity index (χ1v) is 10.8. The van der Waals surface area contributed by atoms with Crippen LogP contribution in [-0.2, 0) is 12.2 Å². The van der Waals surface area contributed by atoms with Crippen molar-refractivity contribution in [2.75, 3.05) is 0 Å². The molecule has 140 valence electrons. The Balaban J connectivity index is 1.48. The second-order valence-corrected chi connectivity index (χ2v) is 8.36. The average Bonchev–Trinajstić information content (AvgIpc) is 3.16. The third-order valence-corrected chi connectivity index (χ3v) is 5.93. The molecule has 0 saturated carbocycles. The van der Waals surface area contributed by atoms with Gasteiger partial charge >= 0.3 is 0 Å². The van der Waals surface area contributed by atoms with Crippen LogP contribution in [0.2, 0.25) is 0 Å². The molecule has 1 heterocycles. The highest BCUT2D eigenvalue weighted by atomic mass is 79.9. The molecular weight excluding hydrogens is 432 g/mol. The normalized spacial score (nSPS) is 10.9. The van der Waals surface area contributed by atoms with Crippen LogP contribution in [0.5, 0.6) is 0 Å². The van der Waals surface area contributed by atoms with Crippen LogP contribution in [0.15, 0.2) is 86.9 Å². The molecule has 0 atom stereocenters. The van der Waals surface area contributed by atoms with Crippen LogP contribution < -0.4 is 0 Å². The van der Waals surface area contributed by atoms with Crippen LogP contribution in [0.25, 0.3) is 11.1 Å². The van der Waals surface area contributed by atoms with Gasteiger partial charge in [0.1, 0.15) is 0 Å². The fourth-order valence-corrected chi connectivity index (χ4v) is 4.23. The fourth-order valence-electron chi connectivity index (χ4n) is 3.06. The standard InChI is InChI=1S/C23H19BrN2OS/c1-16-6-5-9-20(18-7-3-2-4-8-18)21(16)15-28-23-26-25-22(27-23)14-17-10-12-19(24)13-11-17/h2-13H,14-15H2,1H3. The molecule has 3 aromatic carbocycles. The Hall–Kier alpha value is -2.37. The molecule has 4 rings (SSSR count). The smallest absolute Gasteiger partial charge is 0.276 e. The summed E-state index contributed by atoms with van der Waals surface area (Å²) in [5.74, 6) is 1.43. The van der Waals surface area contributed by atoms with E-state index in [1.165, 1.54) is 22.3 Å². The van der Waals surface area contributed by atoms with Crippen LogP contribution in [0.1, 0.15) is 22.6 Å². The highest BCUT2D eigenvalue weighted by molar-refractivity contribution is 9.10. The first-order valence-electron chi connectivity index (χ1n) is 9.02. The number of benzene rings is 3. The molecule has 0 spiro atoms. The van der Waals surface area contributed by atoms with Crippen molar-refractivity contribution in [1.29, 1.82) is 0 Å². The van der Waals surface area contributed by atoms with Gasteiger partial charge in [0.05, 0.1) is 6.42 Å². The Bertz CT molecular complexity index is 1060. The maximum atomic E-state index is 5.85. The van der Waals surface area contributed by atoms with Crippen LogP contribution in [0.4, 0.5) is 0 Å². The molecule has 0 aliphatic rings. The van der Waals surface area contributed by atoms with E-state index in [-0.39, 0.29) is 0 Å². The molecule has 3 nitrogen and oxygen atoms in total. The first kappa shape index (κ1) is 19.0. The number of rotatable bonds is 6. The van der Waals surface area contributed by atoms with Crippen molar-refractivity contribution in [2.45, 2.75) is 24.3 Å². The lowest BCUT2D eigenvalue weighted by Crippen LogP contribution is -1.92. The summed E-state index contributed by atoms with van der Waals surface area (Å²) in [7, 11) is 0. The highest BCUT2D eigenvalue weighted by Gasteiger charge is 2.12. The van der Waals surface area contributed by atoms with E-state index < -0.39 is 0 Å². The number of nitrogens with zero attached hydrogens (tertiary/aromatic N) is 2. The zero-order chi connectivity index (χ0) is 19.3. The van der Waals surface area contributed by atoms with Gasteiger partial charge < -0.3 is 4.42 Å². The minimum absolute atomic E-state index is 0.606. The number of halogens is 1. The van der Waals surface area contributed by atoms with Gasteiger partial charge in [-0.05, 0) is 46.9 Å². The van der Waals surface area contributed by atoms with Gasteiger partial charge in [0.2, 0.25) is 5.89 Å². The summed E-state index contributed by atoms with van der Waals surface area (Å²) in [4.78, 5) is 0. The number of aromatic nitrogens is 2. The Morgan fingerprint density at radius 3 is 2.46 bits per heavy atom. The van der Waals surface area contributed by atoms with Gasteiger partial charge in [-0.1, -0.05) is 88.4 Å². The Kier molecular flexibility index (Phi) is 5.93. The number of aryl methyl sites for hydroxylation is 1. The topological polar surface area (TPSA) is 38.9 Å². The zero-order valence-corrected chi connectivity index (χ0v) is 17.8. The van der Waals surface area contributed by atoms with Crippen molar-refractivity contribution in [3.05, 3.63) is 99.9 Å². The van der Waals surface area contributed by atoms with E-state index in [2.05, 4.69) is 87.6 Å². The zero-order valence-electron chi connectivity index (χ0n) is 15.4. The molecule has 0 aliphatic heterocycles. The maximum absolute atomic E-state index is 5.85. The van der Waals surface area contributed by atoms with Gasteiger partial charge in [-0.3, -0.25) is 0 Å². The molecule has 0 radical (unpaired) electrons. The number of hydrogen-bond donors (Lipinski definition) is 0. The van der Waals surface area contributed by atoms with Gasteiger partial charge in [-0.15, -0.1) is 10.2 Å². The van der Waals surface area contributed by atoms with E-state index in [1.807, 2.05) is 18.2 Å². The van der Waals surface area contributed by atoms with E-state index in [9.17, 15) is 0 Å². The van der Waals surface area contributed by atoms with E-state index >= 15 is 0 Å². The second-order valence-electron chi connectivity index (χ2n) is 6.52. The molecule has 0 bridgehead atoms. The molecule has 5 heteroatoms. The molecular formula is C23H19BrN2OS. The predicted molar refractivity (Wildman–Crippen MR) is 117 cm³/mol. The predicted octanol–water partition coefficient (Wildman–Crippen LogP) is 6.69. The SMILES string of the molecule is Cc1cccc(-c2ccccc2)c1CSc1nnc(Cc2ccc(Br)cc2)o1. The van der Waals surface area contributed by atoms with Crippen LogP contribution in [-0.4, -0.2) is 10.2 Å². The van der Waals surface area contributed by atoms with Crippen molar-refractivity contribution in [2.24, 2.45) is 0 Å². The molecule has 1 aromatic heterocycles. The summed E-state index contributed by atoms with van der Waals surface area (Å²) < 4.78 is 6.91. The summed E-state index contributed by atoms with van der Waals surface area (Å²) in [5.41, 5.74) is 6.19. The van der Waals surface area contributed by atoms with Crippen LogP contribution in [0, 0.1) is 6.92 Å². The van der Waals surface area contributed by atoms with Crippen molar-refractivity contribution in [1.82, 2.24) is 10.2 Å². The summed E-state index contributed by atoms with van der Waals surface area (Å²) >= 11 is 5.03. The molecule has 0 saturated heterocycles. The third-order valence-electron chi connectivity index (χ3n) is 4.55. The minimum atomic E-state index is 0.606. The number of thioether (sulfide) groups is 1. The molecule has 28 heavy (non-hydrogen) atoms. The van der Waals surface area contributed by atoms with E-state index in [4.69, 9.17) is 4.42 Å². The Labute approximate surface area is 177 Å². The highest BCUT2D eigenvalue weighted by Crippen LogP contribution is 2.31. The van der Waals surface area contributed by atoms with Crippen LogP contribution in [0.3, 0.4) is 0 Å². The Morgan fingerprint density at radius 1 is 0.893 bits per heavy atom. The van der Waals surface area contributed by atoms with Crippen molar-refractivity contribution in [3.63, 3.8) is 0 Å². The summed E-state index contributed by atoms with van der Waals surface area (Å²) in [6.07, 6.45) is 0.639. The van der Waals surface area contributed by atoms with Gasteiger partial charge in [0, 0.05) is 10.2 Å². The average molecular weight is 451 g/mol. The lowest BCUT2D eigenvalue weighted by atomic mass is 9.97. The lowest BCUT2D eigenvalue weighted by Gasteiger charge is -2.11. The van der Waals surface area contributed by atoms with Gasteiger partial charge in [0.25, 0.3) is 5.22 Å².